The minimum atomic E-state index is -0.858. The number of nitrogens with zero attached hydrogens (tertiary/aromatic N) is 2. The Morgan fingerprint density at radius 2 is 2.04 bits per heavy atom. The Bertz CT molecular complexity index is 638. The summed E-state index contributed by atoms with van der Waals surface area (Å²) >= 11 is 0. The minimum Gasteiger partial charge on any atom is -0.362 e. The fraction of sp³-hybridized carbons (Fsp3) is 0.632. The number of halogens is 2. The van der Waals surface area contributed by atoms with Crippen molar-refractivity contribution in [3.05, 3.63) is 35.4 Å². The molecule has 1 aromatic carbocycles. The van der Waals surface area contributed by atoms with Gasteiger partial charge in [-0.25, -0.2) is 8.78 Å². The van der Waals surface area contributed by atoms with E-state index in [-0.39, 0.29) is 18.5 Å². The number of amides is 1. The molecule has 138 valence electrons. The van der Waals surface area contributed by atoms with Gasteiger partial charge >= 0.3 is 0 Å². The SMILES string of the molecule is CC(C)N1CCCCC2(CN(Cc3cc(F)ccc3F)CCO2)C1=O. The van der Waals surface area contributed by atoms with Crippen molar-refractivity contribution in [3.63, 3.8) is 0 Å². The van der Waals surface area contributed by atoms with Gasteiger partial charge in [-0.2, -0.15) is 0 Å². The Morgan fingerprint density at radius 1 is 1.24 bits per heavy atom. The molecular formula is C19H26F2N2O2. The zero-order chi connectivity index (χ0) is 18.0. The van der Waals surface area contributed by atoms with E-state index in [0.29, 0.717) is 31.7 Å². The lowest BCUT2D eigenvalue weighted by molar-refractivity contribution is -0.172. The molecule has 2 fully saturated rings. The lowest BCUT2D eigenvalue weighted by Crippen LogP contribution is -2.60. The lowest BCUT2D eigenvalue weighted by atomic mass is 9.93. The highest BCUT2D eigenvalue weighted by atomic mass is 19.1. The van der Waals surface area contributed by atoms with Gasteiger partial charge in [0, 0.05) is 37.8 Å². The van der Waals surface area contributed by atoms with Gasteiger partial charge in [0.1, 0.15) is 11.6 Å². The highest BCUT2D eigenvalue weighted by molar-refractivity contribution is 5.86. The maximum atomic E-state index is 14.0. The van der Waals surface area contributed by atoms with Gasteiger partial charge in [0.2, 0.25) is 0 Å². The summed E-state index contributed by atoms with van der Waals surface area (Å²) in [7, 11) is 0. The number of carbonyl (C=O) groups is 1. The minimum absolute atomic E-state index is 0.0319. The predicted molar refractivity (Wildman–Crippen MR) is 91.0 cm³/mol. The van der Waals surface area contributed by atoms with Crippen molar-refractivity contribution >= 4 is 5.91 Å². The first-order valence-electron chi connectivity index (χ1n) is 9.02. The number of morpholine rings is 1. The smallest absolute Gasteiger partial charge is 0.256 e. The molecule has 1 amide bonds. The number of rotatable bonds is 3. The Hall–Kier alpha value is -1.53. The maximum Gasteiger partial charge on any atom is 0.256 e. The number of likely N-dealkylation sites (tertiary alicyclic amines) is 1. The predicted octanol–water partition coefficient (Wildman–Crippen LogP) is 2.96. The van der Waals surface area contributed by atoms with E-state index in [1.807, 2.05) is 23.6 Å². The molecule has 0 radical (unpaired) electrons. The number of carbonyl (C=O) groups excluding carboxylic acids is 1. The molecule has 3 rings (SSSR count). The number of hydrogen-bond donors (Lipinski definition) is 0. The second-order valence-corrected chi connectivity index (χ2v) is 7.34. The third-order valence-electron chi connectivity index (χ3n) is 5.17. The van der Waals surface area contributed by atoms with Crippen molar-refractivity contribution in [2.24, 2.45) is 0 Å². The van der Waals surface area contributed by atoms with E-state index >= 15 is 0 Å². The fourth-order valence-corrected chi connectivity index (χ4v) is 3.83. The molecule has 0 aliphatic carbocycles. The Kier molecular flexibility index (Phi) is 5.39. The Balaban J connectivity index is 1.79. The van der Waals surface area contributed by atoms with Gasteiger partial charge in [-0.1, -0.05) is 0 Å². The van der Waals surface area contributed by atoms with Crippen LogP contribution in [0.4, 0.5) is 8.78 Å². The highest BCUT2D eigenvalue weighted by Gasteiger charge is 2.47. The van der Waals surface area contributed by atoms with Crippen LogP contribution in [0.25, 0.3) is 0 Å². The quantitative estimate of drug-likeness (QED) is 0.838. The number of benzene rings is 1. The molecule has 25 heavy (non-hydrogen) atoms. The molecule has 6 heteroatoms. The third kappa shape index (κ3) is 3.85. The average molecular weight is 352 g/mol. The van der Waals surface area contributed by atoms with E-state index in [4.69, 9.17) is 4.74 Å². The van der Waals surface area contributed by atoms with Crippen LogP contribution in [0.15, 0.2) is 18.2 Å². The van der Waals surface area contributed by atoms with Gasteiger partial charge in [-0.15, -0.1) is 0 Å². The summed E-state index contributed by atoms with van der Waals surface area (Å²) < 4.78 is 33.4. The van der Waals surface area contributed by atoms with Crippen LogP contribution in [-0.4, -0.2) is 53.6 Å². The zero-order valence-electron chi connectivity index (χ0n) is 14.9. The Morgan fingerprint density at radius 3 is 2.80 bits per heavy atom. The molecule has 0 aromatic heterocycles. The molecule has 1 aromatic rings. The molecule has 4 nitrogen and oxygen atoms in total. The zero-order valence-corrected chi connectivity index (χ0v) is 14.9. The van der Waals surface area contributed by atoms with Crippen LogP contribution in [-0.2, 0) is 16.1 Å². The standard InChI is InChI=1S/C19H26F2N2O2/c1-14(2)23-8-4-3-7-19(18(23)24)13-22(9-10-25-19)12-15-11-16(20)5-6-17(15)21/h5-6,11,14H,3-4,7-10,12-13H2,1-2H3. The fourth-order valence-electron chi connectivity index (χ4n) is 3.83. The topological polar surface area (TPSA) is 32.8 Å². The number of hydrogen-bond acceptors (Lipinski definition) is 3. The summed E-state index contributed by atoms with van der Waals surface area (Å²) in [4.78, 5) is 17.0. The van der Waals surface area contributed by atoms with Crippen molar-refractivity contribution in [1.29, 1.82) is 0 Å². The molecule has 1 atom stereocenters. The van der Waals surface area contributed by atoms with E-state index in [2.05, 4.69) is 0 Å². The molecule has 2 heterocycles. The Labute approximate surface area is 147 Å². The second-order valence-electron chi connectivity index (χ2n) is 7.34. The van der Waals surface area contributed by atoms with Crippen LogP contribution in [0.2, 0.25) is 0 Å². The summed E-state index contributed by atoms with van der Waals surface area (Å²) in [6, 6.07) is 3.63. The molecule has 0 saturated carbocycles. The molecule has 0 N–H and O–H groups in total. The highest BCUT2D eigenvalue weighted by Crippen LogP contribution is 2.31. The average Bonchev–Trinajstić information content (AvgIpc) is 2.72. The third-order valence-corrected chi connectivity index (χ3v) is 5.17. The monoisotopic (exact) mass is 352 g/mol. The lowest BCUT2D eigenvalue weighted by Gasteiger charge is -2.43. The van der Waals surface area contributed by atoms with Crippen LogP contribution in [0, 0.1) is 11.6 Å². The first-order chi connectivity index (χ1) is 11.9. The summed E-state index contributed by atoms with van der Waals surface area (Å²) in [6.45, 7) is 6.51. The molecule has 1 unspecified atom stereocenters. The summed E-state index contributed by atoms with van der Waals surface area (Å²) in [5.74, 6) is -0.835. The largest absolute Gasteiger partial charge is 0.362 e. The normalized spacial score (nSPS) is 25.6. The van der Waals surface area contributed by atoms with Crippen LogP contribution in [0.3, 0.4) is 0 Å². The van der Waals surface area contributed by atoms with Gasteiger partial charge in [-0.3, -0.25) is 9.69 Å². The summed E-state index contributed by atoms with van der Waals surface area (Å²) in [5.41, 5.74) is -0.540. The van der Waals surface area contributed by atoms with Crippen LogP contribution in [0.1, 0.15) is 38.7 Å². The van der Waals surface area contributed by atoms with E-state index in [1.165, 1.54) is 6.07 Å². The molecule has 1 spiro atoms. The van der Waals surface area contributed by atoms with Gasteiger partial charge in [-0.05, 0) is 51.3 Å². The van der Waals surface area contributed by atoms with Crippen molar-refractivity contribution in [2.75, 3.05) is 26.2 Å². The van der Waals surface area contributed by atoms with Crippen molar-refractivity contribution < 1.29 is 18.3 Å². The van der Waals surface area contributed by atoms with E-state index in [0.717, 1.165) is 31.5 Å². The van der Waals surface area contributed by atoms with Crippen molar-refractivity contribution in [1.82, 2.24) is 9.80 Å². The second kappa shape index (κ2) is 7.38. The first kappa shape index (κ1) is 18.3. The molecule has 2 saturated heterocycles. The molecular weight excluding hydrogens is 326 g/mol. The van der Waals surface area contributed by atoms with Crippen molar-refractivity contribution in [3.8, 4) is 0 Å². The summed E-state index contributed by atoms with van der Waals surface area (Å²) in [6.07, 6.45) is 2.57. The van der Waals surface area contributed by atoms with Crippen LogP contribution < -0.4 is 0 Å². The summed E-state index contributed by atoms with van der Waals surface area (Å²) in [5, 5.41) is 0. The molecule has 2 aliphatic rings. The van der Waals surface area contributed by atoms with E-state index in [9.17, 15) is 13.6 Å². The van der Waals surface area contributed by atoms with Crippen LogP contribution in [0.5, 0.6) is 0 Å². The van der Waals surface area contributed by atoms with Gasteiger partial charge in [0.05, 0.1) is 6.61 Å². The van der Waals surface area contributed by atoms with Crippen molar-refractivity contribution in [2.45, 2.75) is 51.3 Å². The molecule has 0 bridgehead atoms. The van der Waals surface area contributed by atoms with Gasteiger partial charge in [0.25, 0.3) is 5.91 Å². The van der Waals surface area contributed by atoms with E-state index in [1.54, 1.807) is 0 Å². The first-order valence-corrected chi connectivity index (χ1v) is 9.02. The van der Waals surface area contributed by atoms with Gasteiger partial charge in [0.15, 0.2) is 5.60 Å². The molecule has 2 aliphatic heterocycles. The number of ether oxygens (including phenoxy) is 1. The maximum absolute atomic E-state index is 14.0. The van der Waals surface area contributed by atoms with Crippen LogP contribution >= 0.6 is 0 Å². The van der Waals surface area contributed by atoms with E-state index < -0.39 is 17.2 Å². The van der Waals surface area contributed by atoms with Gasteiger partial charge < -0.3 is 9.64 Å².